The third-order valence-electron chi connectivity index (χ3n) is 3.77. The lowest BCUT2D eigenvalue weighted by atomic mass is 10.2. The van der Waals surface area contributed by atoms with E-state index in [0.29, 0.717) is 11.4 Å². The van der Waals surface area contributed by atoms with E-state index in [2.05, 4.69) is 10.9 Å². The van der Waals surface area contributed by atoms with Crippen LogP contribution in [0.15, 0.2) is 47.1 Å². The lowest BCUT2D eigenvalue weighted by molar-refractivity contribution is -0.148. The van der Waals surface area contributed by atoms with Crippen LogP contribution in [-0.2, 0) is 19.1 Å². The molecular weight excluding hydrogens is 370 g/mol. The molecule has 146 valence electrons. The average Bonchev–Trinajstić information content (AvgIpc) is 3.24. The number of furan rings is 1. The number of rotatable bonds is 6. The molecule has 3 amide bonds. The Morgan fingerprint density at radius 1 is 1.11 bits per heavy atom. The van der Waals surface area contributed by atoms with Crippen LogP contribution in [0.3, 0.4) is 0 Å². The van der Waals surface area contributed by atoms with Crippen LogP contribution in [0.1, 0.15) is 17.0 Å². The second kappa shape index (κ2) is 8.71. The second-order valence-corrected chi connectivity index (χ2v) is 5.69. The van der Waals surface area contributed by atoms with Crippen molar-refractivity contribution in [3.63, 3.8) is 0 Å². The van der Waals surface area contributed by atoms with Crippen LogP contribution >= 0.6 is 0 Å². The van der Waals surface area contributed by atoms with Crippen molar-refractivity contribution >= 4 is 29.4 Å². The number of ether oxygens (including phenoxy) is 2. The molecule has 1 aromatic carbocycles. The highest BCUT2D eigenvalue weighted by atomic mass is 16.5. The number of hydrogen-bond acceptors (Lipinski definition) is 7. The zero-order valence-electron chi connectivity index (χ0n) is 14.7. The van der Waals surface area contributed by atoms with E-state index in [1.54, 1.807) is 24.3 Å². The summed E-state index contributed by atoms with van der Waals surface area (Å²) >= 11 is 0. The largest absolute Gasteiger partial charge is 0.482 e. The maximum atomic E-state index is 12.0. The summed E-state index contributed by atoms with van der Waals surface area (Å²) in [6, 6.07) is 9.93. The van der Waals surface area contributed by atoms with Crippen molar-refractivity contribution < 1.29 is 33.1 Å². The third kappa shape index (κ3) is 4.67. The van der Waals surface area contributed by atoms with Gasteiger partial charge in [0.05, 0.1) is 18.4 Å². The summed E-state index contributed by atoms with van der Waals surface area (Å²) in [5.74, 6) is -1.72. The Balaban J connectivity index is 1.40. The van der Waals surface area contributed by atoms with Gasteiger partial charge in [0.25, 0.3) is 11.8 Å². The minimum Gasteiger partial charge on any atom is -0.482 e. The molecular formula is C18H17N3O7. The number of carbonyl (C=O) groups is 4. The maximum Gasteiger partial charge on any atom is 0.308 e. The topological polar surface area (TPSA) is 127 Å². The van der Waals surface area contributed by atoms with Crippen LogP contribution in [0.5, 0.6) is 5.75 Å². The number of carbonyl (C=O) groups excluding carboxylic acids is 4. The molecule has 0 saturated heterocycles. The number of hydrazine groups is 1. The summed E-state index contributed by atoms with van der Waals surface area (Å²) < 4.78 is 15.0. The van der Waals surface area contributed by atoms with Crippen molar-refractivity contribution in [2.75, 3.05) is 24.7 Å². The van der Waals surface area contributed by atoms with Crippen LogP contribution in [0.4, 0.5) is 5.69 Å². The number of amides is 3. The third-order valence-corrected chi connectivity index (χ3v) is 3.77. The van der Waals surface area contributed by atoms with Crippen molar-refractivity contribution in [1.82, 2.24) is 10.9 Å². The van der Waals surface area contributed by atoms with E-state index < -0.39 is 24.4 Å². The number of anilines is 1. The van der Waals surface area contributed by atoms with Crippen LogP contribution in [-0.4, -0.2) is 43.4 Å². The maximum absolute atomic E-state index is 12.0. The highest BCUT2D eigenvalue weighted by molar-refractivity contribution is 5.98. The molecule has 28 heavy (non-hydrogen) atoms. The molecule has 1 aliphatic rings. The summed E-state index contributed by atoms with van der Waals surface area (Å²) in [6.45, 7) is -0.594. The Morgan fingerprint density at radius 2 is 1.93 bits per heavy atom. The molecule has 1 aliphatic heterocycles. The molecule has 0 atom stereocenters. The van der Waals surface area contributed by atoms with Crippen molar-refractivity contribution in [1.29, 1.82) is 0 Å². The smallest absolute Gasteiger partial charge is 0.308 e. The molecule has 0 unspecified atom stereocenters. The van der Waals surface area contributed by atoms with E-state index in [1.807, 2.05) is 0 Å². The summed E-state index contributed by atoms with van der Waals surface area (Å²) in [5.41, 5.74) is 4.79. The fourth-order valence-electron chi connectivity index (χ4n) is 2.45. The normalized spacial score (nSPS) is 12.6. The number of esters is 1. The predicted molar refractivity (Wildman–Crippen MR) is 94.2 cm³/mol. The molecule has 0 aliphatic carbocycles. The van der Waals surface area contributed by atoms with Crippen molar-refractivity contribution in [2.24, 2.45) is 0 Å². The minimum atomic E-state index is -0.721. The molecule has 3 rings (SSSR count). The number of nitrogens with zero attached hydrogens (tertiary/aromatic N) is 1. The Bertz CT molecular complexity index is 879. The van der Waals surface area contributed by atoms with Gasteiger partial charge in [0.2, 0.25) is 0 Å². The molecule has 10 nitrogen and oxygen atoms in total. The van der Waals surface area contributed by atoms with Crippen LogP contribution in [0.25, 0.3) is 0 Å². The minimum absolute atomic E-state index is 0.0211. The van der Waals surface area contributed by atoms with Gasteiger partial charge in [-0.15, -0.1) is 0 Å². The number of para-hydroxylation sites is 2. The van der Waals surface area contributed by atoms with Gasteiger partial charge < -0.3 is 18.8 Å². The highest BCUT2D eigenvalue weighted by Gasteiger charge is 2.25. The van der Waals surface area contributed by atoms with Crippen LogP contribution in [0.2, 0.25) is 0 Å². The first-order valence-electron chi connectivity index (χ1n) is 8.35. The molecule has 2 heterocycles. The molecule has 0 spiro atoms. The number of hydrogen-bond donors (Lipinski definition) is 2. The van der Waals surface area contributed by atoms with Crippen LogP contribution < -0.4 is 20.5 Å². The van der Waals surface area contributed by atoms with Crippen molar-refractivity contribution in [3.8, 4) is 5.75 Å². The Labute approximate surface area is 159 Å². The Morgan fingerprint density at radius 3 is 2.71 bits per heavy atom. The molecule has 0 saturated carbocycles. The van der Waals surface area contributed by atoms with Crippen molar-refractivity contribution in [3.05, 3.63) is 48.4 Å². The van der Waals surface area contributed by atoms with Gasteiger partial charge in [-0.2, -0.15) is 0 Å². The van der Waals surface area contributed by atoms with Gasteiger partial charge in [0.15, 0.2) is 19.0 Å². The summed E-state index contributed by atoms with van der Waals surface area (Å²) in [5, 5.41) is 0. The van der Waals surface area contributed by atoms with Gasteiger partial charge in [-0.1, -0.05) is 12.1 Å². The number of nitrogens with one attached hydrogen (secondary N) is 2. The van der Waals surface area contributed by atoms with E-state index in [9.17, 15) is 19.2 Å². The van der Waals surface area contributed by atoms with Gasteiger partial charge in [-0.05, 0) is 24.3 Å². The number of fused-ring (bicyclic) bond motifs is 1. The average molecular weight is 387 g/mol. The SMILES string of the molecule is O=C(COC(=O)CCN1C(=O)COc2ccccc21)NNC(=O)c1ccco1. The first-order valence-corrected chi connectivity index (χ1v) is 8.35. The number of benzene rings is 1. The van der Waals surface area contributed by atoms with Crippen LogP contribution in [0, 0.1) is 0 Å². The van der Waals surface area contributed by atoms with Gasteiger partial charge in [-0.25, -0.2) is 0 Å². The Kier molecular flexibility index (Phi) is 5.90. The first-order chi connectivity index (χ1) is 13.5. The van der Waals surface area contributed by atoms with Gasteiger partial charge in [0, 0.05) is 6.54 Å². The van der Waals surface area contributed by atoms with E-state index >= 15 is 0 Å². The quantitative estimate of drug-likeness (QED) is 0.542. The monoisotopic (exact) mass is 387 g/mol. The molecule has 0 radical (unpaired) electrons. The standard InChI is InChI=1S/C18H17N3O7/c22-15(19-20-18(25)14-6-3-9-26-14)10-28-17(24)7-8-21-12-4-1-2-5-13(12)27-11-16(21)23/h1-6,9H,7-8,10-11H2,(H,19,22)(H,20,25). The molecule has 0 fully saturated rings. The fourth-order valence-corrected chi connectivity index (χ4v) is 2.45. The predicted octanol–water partition coefficient (Wildman–Crippen LogP) is 0.399. The summed E-state index contributed by atoms with van der Waals surface area (Å²) in [6.07, 6.45) is 1.21. The summed E-state index contributed by atoms with van der Waals surface area (Å²) in [4.78, 5) is 48.5. The molecule has 1 aromatic heterocycles. The molecule has 0 bridgehead atoms. The van der Waals surface area contributed by atoms with E-state index in [1.165, 1.54) is 23.3 Å². The zero-order chi connectivity index (χ0) is 19.9. The zero-order valence-corrected chi connectivity index (χ0v) is 14.7. The van der Waals surface area contributed by atoms with Crippen molar-refractivity contribution in [2.45, 2.75) is 6.42 Å². The molecule has 2 N–H and O–H groups in total. The first kappa shape index (κ1) is 19.0. The fraction of sp³-hybridized carbons (Fsp3) is 0.222. The summed E-state index contributed by atoms with van der Waals surface area (Å²) in [7, 11) is 0. The van der Waals surface area contributed by atoms with Gasteiger partial charge >= 0.3 is 11.9 Å². The van der Waals surface area contributed by atoms with E-state index in [-0.39, 0.29) is 31.2 Å². The van der Waals surface area contributed by atoms with Gasteiger partial charge in [0.1, 0.15) is 5.75 Å². The molecule has 10 heteroatoms. The highest BCUT2D eigenvalue weighted by Crippen LogP contribution is 2.31. The lowest BCUT2D eigenvalue weighted by Crippen LogP contribution is -2.43. The van der Waals surface area contributed by atoms with E-state index in [4.69, 9.17) is 13.9 Å². The second-order valence-electron chi connectivity index (χ2n) is 5.69. The van der Waals surface area contributed by atoms with Gasteiger partial charge in [-0.3, -0.25) is 30.0 Å². The lowest BCUT2D eigenvalue weighted by Gasteiger charge is -2.28. The van der Waals surface area contributed by atoms with E-state index in [0.717, 1.165) is 0 Å². The Hall–Kier alpha value is -3.82. The molecule has 2 aromatic rings.